The second-order valence-corrected chi connectivity index (χ2v) is 13.7. The third-order valence-electron chi connectivity index (χ3n) is 9.52. The van der Waals surface area contributed by atoms with Gasteiger partial charge in [0.05, 0.1) is 35.6 Å². The van der Waals surface area contributed by atoms with Gasteiger partial charge in [0, 0.05) is 21.2 Å². The van der Waals surface area contributed by atoms with Crippen LogP contribution in [-0.2, 0) is 5.41 Å². The molecule has 6 atom stereocenters. The molecule has 6 unspecified atom stereocenters. The van der Waals surface area contributed by atoms with Crippen LogP contribution in [0.2, 0.25) is 0 Å². The molecular formula is C40H26N4O2S2. The first kappa shape index (κ1) is 31.0. The first-order valence-corrected chi connectivity index (χ1v) is 17.0. The van der Waals surface area contributed by atoms with E-state index in [1.165, 1.54) is 11.3 Å². The fraction of sp³-hybridized carbons (Fsp3) is 0.150. The predicted molar refractivity (Wildman–Crippen MR) is 184 cm³/mol. The monoisotopic (exact) mass is 658 g/mol. The maximum Gasteiger partial charge on any atom is 0.157 e. The van der Waals surface area contributed by atoms with E-state index in [1.54, 1.807) is 11.3 Å². The van der Waals surface area contributed by atoms with Gasteiger partial charge < -0.3 is 10.2 Å². The fourth-order valence-electron chi connectivity index (χ4n) is 7.57. The molecule has 7 rings (SSSR count). The van der Waals surface area contributed by atoms with E-state index in [2.05, 4.69) is 36.4 Å². The Morgan fingerprint density at radius 3 is 1.90 bits per heavy atom. The molecule has 0 spiro atoms. The highest BCUT2D eigenvalue weighted by molar-refractivity contribution is 7.13. The molecule has 2 N–H and O–H groups in total. The van der Waals surface area contributed by atoms with E-state index < -0.39 is 35.4 Å². The quantitative estimate of drug-likeness (QED) is 0.230. The molecule has 0 amide bonds. The average molecular weight is 659 g/mol. The molecule has 0 fully saturated rings. The SMILES string of the molecule is N#CC(O)C(C#N)C1C2=c3\cccc\c3=c3/cccc/c3=c3\c(-c4cccs4)ccc\c3=C\2C=CC1(c1cccs1)C(C#N)C(O)C#N. The zero-order valence-corrected chi connectivity index (χ0v) is 27.0. The molecular weight excluding hydrogens is 633 g/mol. The van der Waals surface area contributed by atoms with Crippen LogP contribution in [0.1, 0.15) is 4.88 Å². The van der Waals surface area contributed by atoms with E-state index in [0.29, 0.717) is 10.5 Å². The summed E-state index contributed by atoms with van der Waals surface area (Å²) in [5, 5.41) is 73.5. The van der Waals surface area contributed by atoms with Gasteiger partial charge in [0.2, 0.25) is 0 Å². The lowest BCUT2D eigenvalue weighted by Crippen LogP contribution is -2.52. The molecule has 0 radical (unpaired) electrons. The number of aliphatic hydroxyl groups excluding tert-OH is 2. The van der Waals surface area contributed by atoms with E-state index >= 15 is 0 Å². The lowest BCUT2D eigenvalue weighted by Gasteiger charge is -2.47. The summed E-state index contributed by atoms with van der Waals surface area (Å²) < 4.78 is 0. The minimum Gasteiger partial charge on any atom is -0.377 e. The van der Waals surface area contributed by atoms with Gasteiger partial charge in [-0.05, 0) is 65.4 Å². The normalized spacial score (nSPS) is 23.8. The van der Waals surface area contributed by atoms with Gasteiger partial charge in [0.1, 0.15) is 5.92 Å². The first-order chi connectivity index (χ1) is 23.5. The van der Waals surface area contributed by atoms with Crippen LogP contribution in [0.15, 0.2) is 114 Å². The van der Waals surface area contributed by atoms with Gasteiger partial charge in [-0.1, -0.05) is 91.0 Å². The van der Waals surface area contributed by atoms with Gasteiger partial charge in [0.25, 0.3) is 0 Å². The van der Waals surface area contributed by atoms with Gasteiger partial charge >= 0.3 is 0 Å². The number of nitrogens with zero attached hydrogens (tertiary/aromatic N) is 4. The minimum absolute atomic E-state index is 0.633. The Morgan fingerprint density at radius 1 is 0.625 bits per heavy atom. The van der Waals surface area contributed by atoms with Crippen molar-refractivity contribution in [2.24, 2.45) is 17.8 Å². The fourth-order valence-corrected chi connectivity index (χ4v) is 9.31. The number of hydrogen-bond acceptors (Lipinski definition) is 8. The molecule has 8 heteroatoms. The third kappa shape index (κ3) is 4.63. The molecule has 5 aromatic rings. The summed E-state index contributed by atoms with van der Waals surface area (Å²) in [6.45, 7) is 0. The number of hydrogen-bond donors (Lipinski definition) is 2. The van der Waals surface area contributed by atoms with E-state index in [-0.39, 0.29) is 0 Å². The summed E-state index contributed by atoms with van der Waals surface area (Å²) in [6.07, 6.45) is 0.296. The maximum absolute atomic E-state index is 11.3. The molecule has 0 aliphatic heterocycles. The summed E-state index contributed by atoms with van der Waals surface area (Å²) in [6, 6.07) is 38.1. The molecule has 2 heterocycles. The highest BCUT2D eigenvalue weighted by Gasteiger charge is 2.56. The number of benzene rings is 3. The Hall–Kier alpha value is -5.58. The van der Waals surface area contributed by atoms with Crippen molar-refractivity contribution in [3.63, 3.8) is 0 Å². The van der Waals surface area contributed by atoms with Crippen LogP contribution in [0.25, 0.3) is 21.6 Å². The summed E-state index contributed by atoms with van der Waals surface area (Å²) >= 11 is 2.98. The molecule has 0 bridgehead atoms. The van der Waals surface area contributed by atoms with Crippen LogP contribution in [0.5, 0.6) is 0 Å². The summed E-state index contributed by atoms with van der Waals surface area (Å²) in [4.78, 5) is 1.72. The van der Waals surface area contributed by atoms with Crippen molar-refractivity contribution < 1.29 is 10.2 Å². The topological polar surface area (TPSA) is 136 Å². The number of fused-ring (bicyclic) bond motifs is 4. The second-order valence-electron chi connectivity index (χ2n) is 11.8. The minimum atomic E-state index is -1.74. The maximum atomic E-state index is 11.3. The Bertz CT molecular complexity index is 2590. The van der Waals surface area contributed by atoms with Gasteiger partial charge in [-0.3, -0.25) is 0 Å². The number of aliphatic hydroxyl groups is 2. The molecule has 2 aliphatic carbocycles. The highest BCUT2D eigenvalue weighted by Crippen LogP contribution is 2.55. The first-order valence-electron chi connectivity index (χ1n) is 15.3. The van der Waals surface area contributed by atoms with Crippen molar-refractivity contribution in [1.29, 1.82) is 21.0 Å². The van der Waals surface area contributed by atoms with Crippen LogP contribution in [-0.4, -0.2) is 22.4 Å². The molecule has 0 saturated carbocycles. The summed E-state index contributed by atoms with van der Waals surface area (Å²) in [5.74, 6) is -3.73. The van der Waals surface area contributed by atoms with Crippen molar-refractivity contribution in [1.82, 2.24) is 0 Å². The van der Waals surface area contributed by atoms with Crippen molar-refractivity contribution in [3.05, 3.63) is 150 Å². The van der Waals surface area contributed by atoms with Crippen LogP contribution < -0.4 is 10.4 Å². The Kier molecular flexibility index (Phi) is 8.12. The molecule has 230 valence electrons. The average Bonchev–Trinajstić information content (AvgIpc) is 3.88. The Morgan fingerprint density at radius 2 is 1.27 bits per heavy atom. The standard InChI is InChI=1S/C40H26N4O2S2/c41-20-31(33(45)22-43)39-38-27-11-4-2-9-25(27)24-8-1-3-10-26(24)37-28(12-5-13-30(37)35-14-6-18-47-35)29(38)16-17-40(39,36-15-7-19-48-36)32(21-42)34(46)23-44/h1-19,31-34,39,45-46H/b25-24-,29-28-,37-26+,38-27+. The summed E-state index contributed by atoms with van der Waals surface area (Å²) in [5.41, 5.74) is 1.000. The van der Waals surface area contributed by atoms with Crippen LogP contribution in [0, 0.1) is 84.0 Å². The van der Waals surface area contributed by atoms with Gasteiger partial charge in [-0.15, -0.1) is 22.7 Å². The smallest absolute Gasteiger partial charge is 0.157 e. The lowest BCUT2D eigenvalue weighted by molar-refractivity contribution is 0.0945. The van der Waals surface area contributed by atoms with Crippen LogP contribution >= 0.6 is 22.7 Å². The van der Waals surface area contributed by atoms with Crippen molar-refractivity contribution in [2.45, 2.75) is 17.6 Å². The van der Waals surface area contributed by atoms with E-state index in [0.717, 1.165) is 47.3 Å². The molecule has 6 nitrogen and oxygen atoms in total. The van der Waals surface area contributed by atoms with Gasteiger partial charge in [0.15, 0.2) is 12.2 Å². The molecule has 2 aliphatic rings. The largest absolute Gasteiger partial charge is 0.377 e. The molecule has 2 aromatic heterocycles. The van der Waals surface area contributed by atoms with Gasteiger partial charge in [-0.2, -0.15) is 21.0 Å². The Labute approximate surface area is 284 Å². The zero-order valence-electron chi connectivity index (χ0n) is 25.4. The molecule has 3 aromatic carbocycles. The van der Waals surface area contributed by atoms with Crippen LogP contribution in [0.4, 0.5) is 0 Å². The van der Waals surface area contributed by atoms with E-state index in [4.69, 9.17) is 0 Å². The lowest BCUT2D eigenvalue weighted by atomic mass is 9.54. The number of nitriles is 4. The number of rotatable bonds is 6. The number of thiophene rings is 2. The molecule has 0 saturated heterocycles. The van der Waals surface area contributed by atoms with Crippen LogP contribution in [0.3, 0.4) is 0 Å². The van der Waals surface area contributed by atoms with Crippen molar-refractivity contribution in [3.8, 4) is 34.7 Å². The van der Waals surface area contributed by atoms with E-state index in [9.17, 15) is 31.3 Å². The third-order valence-corrected chi connectivity index (χ3v) is 11.5. The second kappa shape index (κ2) is 12.6. The van der Waals surface area contributed by atoms with Gasteiger partial charge in [-0.25, -0.2) is 0 Å². The highest BCUT2D eigenvalue weighted by atomic mass is 32.1. The number of allylic oxidation sites excluding steroid dienone is 2. The van der Waals surface area contributed by atoms with Crippen molar-refractivity contribution in [2.75, 3.05) is 0 Å². The zero-order chi connectivity index (χ0) is 33.4. The summed E-state index contributed by atoms with van der Waals surface area (Å²) in [7, 11) is 0. The van der Waals surface area contributed by atoms with E-state index in [1.807, 2.05) is 102 Å². The predicted octanol–water partition coefficient (Wildman–Crippen LogP) is 5.54. The molecule has 48 heavy (non-hydrogen) atoms. The Balaban J connectivity index is 1.84. The van der Waals surface area contributed by atoms with Crippen molar-refractivity contribution >= 4 is 33.8 Å².